The highest BCUT2D eigenvalue weighted by Crippen LogP contribution is 2.32. The van der Waals surface area contributed by atoms with Crippen molar-refractivity contribution >= 4 is 23.6 Å². The van der Waals surface area contributed by atoms with Crippen molar-refractivity contribution in [2.24, 2.45) is 11.8 Å². The maximum Gasteiger partial charge on any atom is 0.225 e. The van der Waals surface area contributed by atoms with E-state index in [2.05, 4.69) is 17.4 Å². The van der Waals surface area contributed by atoms with E-state index in [0.717, 1.165) is 44.5 Å². The molecule has 1 saturated carbocycles. The normalized spacial score (nSPS) is 18.7. The molecule has 0 atom stereocenters. The predicted molar refractivity (Wildman–Crippen MR) is 92.2 cm³/mol. The monoisotopic (exact) mass is 332 g/mol. The molecule has 1 aliphatic carbocycles. The second-order valence-corrected chi connectivity index (χ2v) is 7.49. The summed E-state index contributed by atoms with van der Waals surface area (Å²) in [4.78, 5) is 27.4. The van der Waals surface area contributed by atoms with Crippen LogP contribution in [0.3, 0.4) is 0 Å². The number of amides is 2. The second-order valence-electron chi connectivity index (χ2n) is 6.33. The second kappa shape index (κ2) is 7.86. The van der Waals surface area contributed by atoms with Crippen LogP contribution >= 0.6 is 11.8 Å². The molecule has 4 nitrogen and oxygen atoms in total. The van der Waals surface area contributed by atoms with Gasteiger partial charge in [0.05, 0.1) is 0 Å². The fourth-order valence-corrected chi connectivity index (χ4v) is 3.74. The van der Waals surface area contributed by atoms with Crippen molar-refractivity contribution in [1.82, 2.24) is 10.2 Å². The molecule has 0 unspecified atom stereocenters. The number of nitrogens with zero attached hydrogens (tertiary/aromatic N) is 1. The smallest absolute Gasteiger partial charge is 0.225 e. The SMILES string of the molecule is O=C(NCCSc1ccccc1)C1CCN(C(=O)C2CC2)CC1. The van der Waals surface area contributed by atoms with Crippen LogP contribution in [0.2, 0.25) is 0 Å². The van der Waals surface area contributed by atoms with Crippen LogP contribution in [0.4, 0.5) is 0 Å². The molecule has 0 bridgehead atoms. The molecule has 0 spiro atoms. The van der Waals surface area contributed by atoms with Crippen LogP contribution < -0.4 is 5.32 Å². The number of likely N-dealkylation sites (tertiary alicyclic amines) is 1. The van der Waals surface area contributed by atoms with Crippen molar-refractivity contribution < 1.29 is 9.59 Å². The molecular formula is C18H24N2O2S. The van der Waals surface area contributed by atoms with Crippen molar-refractivity contribution in [2.45, 2.75) is 30.6 Å². The number of hydrogen-bond donors (Lipinski definition) is 1. The summed E-state index contributed by atoms with van der Waals surface area (Å²) in [6.07, 6.45) is 3.71. The topological polar surface area (TPSA) is 49.4 Å². The van der Waals surface area contributed by atoms with E-state index in [-0.39, 0.29) is 17.7 Å². The lowest BCUT2D eigenvalue weighted by atomic mass is 9.95. The number of benzene rings is 1. The van der Waals surface area contributed by atoms with E-state index in [9.17, 15) is 9.59 Å². The molecule has 2 aliphatic rings. The Balaban J connectivity index is 1.32. The maximum absolute atomic E-state index is 12.2. The van der Waals surface area contributed by atoms with Crippen LogP contribution in [0, 0.1) is 11.8 Å². The van der Waals surface area contributed by atoms with E-state index in [0.29, 0.717) is 12.5 Å². The van der Waals surface area contributed by atoms with E-state index in [1.165, 1.54) is 4.90 Å². The fraction of sp³-hybridized carbons (Fsp3) is 0.556. The number of piperidine rings is 1. The standard InChI is InChI=1S/C18H24N2O2S/c21-17(19-10-13-23-16-4-2-1-3-5-16)14-8-11-20(12-9-14)18(22)15-6-7-15/h1-5,14-15H,6-13H2,(H,19,21). The highest BCUT2D eigenvalue weighted by atomic mass is 32.2. The average molecular weight is 332 g/mol. The first-order valence-electron chi connectivity index (χ1n) is 8.48. The fourth-order valence-electron chi connectivity index (χ4n) is 2.95. The molecule has 1 aliphatic heterocycles. The van der Waals surface area contributed by atoms with Gasteiger partial charge < -0.3 is 10.2 Å². The summed E-state index contributed by atoms with van der Waals surface area (Å²) in [6.45, 7) is 2.18. The molecule has 1 aromatic rings. The van der Waals surface area contributed by atoms with Gasteiger partial charge in [-0.05, 0) is 37.8 Å². The number of carbonyl (C=O) groups excluding carboxylic acids is 2. The number of nitrogens with one attached hydrogen (secondary N) is 1. The Bertz CT molecular complexity index is 537. The minimum Gasteiger partial charge on any atom is -0.355 e. The number of thioether (sulfide) groups is 1. The van der Waals surface area contributed by atoms with E-state index in [1.807, 2.05) is 23.1 Å². The first-order chi connectivity index (χ1) is 11.2. The van der Waals surface area contributed by atoms with E-state index < -0.39 is 0 Å². The molecule has 1 N–H and O–H groups in total. The summed E-state index contributed by atoms with van der Waals surface area (Å²) < 4.78 is 0. The van der Waals surface area contributed by atoms with Gasteiger partial charge in [0, 0.05) is 42.1 Å². The van der Waals surface area contributed by atoms with Crippen molar-refractivity contribution in [2.75, 3.05) is 25.4 Å². The zero-order valence-corrected chi connectivity index (χ0v) is 14.2. The summed E-state index contributed by atoms with van der Waals surface area (Å²) in [5, 5.41) is 3.04. The zero-order valence-electron chi connectivity index (χ0n) is 13.4. The van der Waals surface area contributed by atoms with Crippen LogP contribution in [-0.4, -0.2) is 42.1 Å². The molecule has 23 heavy (non-hydrogen) atoms. The summed E-state index contributed by atoms with van der Waals surface area (Å²) in [7, 11) is 0. The first-order valence-corrected chi connectivity index (χ1v) is 9.47. The van der Waals surface area contributed by atoms with E-state index in [4.69, 9.17) is 0 Å². The molecule has 1 aromatic carbocycles. The summed E-state index contributed by atoms with van der Waals surface area (Å²) in [5.74, 6) is 1.70. The minimum absolute atomic E-state index is 0.0694. The summed E-state index contributed by atoms with van der Waals surface area (Å²) in [5.41, 5.74) is 0. The Labute approximate surface area is 142 Å². The largest absolute Gasteiger partial charge is 0.355 e. The number of carbonyl (C=O) groups is 2. The summed E-state index contributed by atoms with van der Waals surface area (Å²) >= 11 is 1.76. The summed E-state index contributed by atoms with van der Waals surface area (Å²) in [6, 6.07) is 10.2. The van der Waals surface area contributed by atoms with Gasteiger partial charge in [0.1, 0.15) is 0 Å². The van der Waals surface area contributed by atoms with E-state index in [1.54, 1.807) is 11.8 Å². The van der Waals surface area contributed by atoms with Crippen LogP contribution in [0.15, 0.2) is 35.2 Å². The Hall–Kier alpha value is -1.49. The number of hydrogen-bond acceptors (Lipinski definition) is 3. The third-order valence-electron chi connectivity index (χ3n) is 4.52. The van der Waals surface area contributed by atoms with Crippen molar-refractivity contribution in [1.29, 1.82) is 0 Å². The van der Waals surface area contributed by atoms with Gasteiger partial charge in [-0.3, -0.25) is 9.59 Å². The van der Waals surface area contributed by atoms with Gasteiger partial charge in [0.2, 0.25) is 11.8 Å². The predicted octanol–water partition coefficient (Wildman–Crippen LogP) is 2.54. The highest BCUT2D eigenvalue weighted by molar-refractivity contribution is 7.99. The average Bonchev–Trinajstić information content (AvgIpc) is 3.44. The maximum atomic E-state index is 12.2. The third-order valence-corrected chi connectivity index (χ3v) is 5.53. The van der Waals surface area contributed by atoms with Crippen LogP contribution in [0.1, 0.15) is 25.7 Å². The molecular weight excluding hydrogens is 308 g/mol. The van der Waals surface area contributed by atoms with Crippen LogP contribution in [0.5, 0.6) is 0 Å². The number of rotatable bonds is 6. The lowest BCUT2D eigenvalue weighted by Gasteiger charge is -2.31. The van der Waals surface area contributed by atoms with Gasteiger partial charge in [0.25, 0.3) is 0 Å². The van der Waals surface area contributed by atoms with Gasteiger partial charge in [-0.2, -0.15) is 0 Å². The first kappa shape index (κ1) is 16.4. The van der Waals surface area contributed by atoms with Crippen LogP contribution in [0.25, 0.3) is 0 Å². The lowest BCUT2D eigenvalue weighted by molar-refractivity contribution is -0.136. The molecule has 0 radical (unpaired) electrons. The minimum atomic E-state index is 0.0694. The molecule has 2 amide bonds. The third kappa shape index (κ3) is 4.74. The van der Waals surface area contributed by atoms with Gasteiger partial charge in [0.15, 0.2) is 0 Å². The quantitative estimate of drug-likeness (QED) is 0.643. The molecule has 1 heterocycles. The molecule has 124 valence electrons. The zero-order chi connectivity index (χ0) is 16.1. The van der Waals surface area contributed by atoms with Gasteiger partial charge in [-0.1, -0.05) is 18.2 Å². The Morgan fingerprint density at radius 3 is 2.39 bits per heavy atom. The Kier molecular flexibility index (Phi) is 5.60. The van der Waals surface area contributed by atoms with Gasteiger partial charge in [-0.15, -0.1) is 11.8 Å². The van der Waals surface area contributed by atoms with Crippen molar-refractivity contribution in [3.8, 4) is 0 Å². The molecule has 5 heteroatoms. The molecule has 2 fully saturated rings. The van der Waals surface area contributed by atoms with Gasteiger partial charge >= 0.3 is 0 Å². The molecule has 3 rings (SSSR count). The molecule has 0 aromatic heterocycles. The van der Waals surface area contributed by atoms with E-state index >= 15 is 0 Å². The molecule has 1 saturated heterocycles. The lowest BCUT2D eigenvalue weighted by Crippen LogP contribution is -2.43. The Morgan fingerprint density at radius 2 is 1.74 bits per heavy atom. The van der Waals surface area contributed by atoms with Crippen molar-refractivity contribution in [3.05, 3.63) is 30.3 Å². The van der Waals surface area contributed by atoms with Gasteiger partial charge in [-0.25, -0.2) is 0 Å². The van der Waals surface area contributed by atoms with Crippen molar-refractivity contribution in [3.63, 3.8) is 0 Å². The highest BCUT2D eigenvalue weighted by Gasteiger charge is 2.35. The Morgan fingerprint density at radius 1 is 1.04 bits per heavy atom. The van der Waals surface area contributed by atoms with Crippen LogP contribution in [-0.2, 0) is 9.59 Å².